The molecule has 0 bridgehead atoms. The number of phosphoric acid groups is 1. The maximum absolute atomic E-state index is 8.55. The molecule has 8 heteroatoms. The van der Waals surface area contributed by atoms with Crippen molar-refractivity contribution in [2.24, 2.45) is 0 Å². The molecule has 0 saturated heterocycles. The molecule has 0 amide bonds. The summed E-state index contributed by atoms with van der Waals surface area (Å²) in [5, 5.41) is 12.0. The Morgan fingerprint density at radius 1 is 1.12 bits per heavy atom. The van der Waals surface area contributed by atoms with Gasteiger partial charge in [0.1, 0.15) is 0 Å². The Bertz CT molecular complexity index is 54.7. The molecular weight excluding hydrogens is 183 g/mol. The van der Waals surface area contributed by atoms with Gasteiger partial charge in [0.2, 0.25) is 0 Å². The summed E-state index contributed by atoms with van der Waals surface area (Å²) in [5.41, 5.74) is 0. The zero-order chi connectivity index (χ0) is 6.50. The van der Waals surface area contributed by atoms with E-state index in [0.29, 0.717) is 0 Å². The van der Waals surface area contributed by atoms with Crippen LogP contribution < -0.4 is 14.7 Å². The first-order chi connectivity index (χ1) is 3.00. The van der Waals surface area contributed by atoms with E-state index in [2.05, 4.69) is 0 Å². The largest absolute Gasteiger partial charge is 3.00 e. The topological polar surface area (TPSA) is 127 Å². The maximum Gasteiger partial charge on any atom is 3.00 e. The van der Waals surface area contributed by atoms with Gasteiger partial charge in [-0.1, -0.05) is 0 Å². The van der Waals surface area contributed by atoms with E-state index < -0.39 is 7.82 Å². The molecule has 0 aliphatic carbocycles. The van der Waals surface area contributed by atoms with Crippen molar-refractivity contribution in [3.63, 3.8) is 0 Å². The predicted octanol–water partition coefficient (Wildman–Crippen LogP) is -2.81. The number of hydrogen-bond donors (Lipinski definition) is 2. The van der Waals surface area contributed by atoms with Crippen LogP contribution in [0.25, 0.3) is 0 Å². The second-order valence-corrected chi connectivity index (χ2v) is 1.34. The van der Waals surface area contributed by atoms with Crippen molar-refractivity contribution >= 4 is 7.82 Å². The van der Waals surface area contributed by atoms with E-state index in [0.717, 1.165) is 0 Å². The van der Waals surface area contributed by atoms with Crippen LogP contribution in [0.2, 0.25) is 0 Å². The van der Waals surface area contributed by atoms with Crippen LogP contribution in [-0.4, -0.2) is 10.5 Å². The fourth-order valence-electron chi connectivity index (χ4n) is 0. The third kappa shape index (κ3) is 668. The van der Waals surface area contributed by atoms with Gasteiger partial charge in [0.05, 0.1) is 0 Å². The van der Waals surface area contributed by atoms with Crippen LogP contribution in [0.5, 0.6) is 0 Å². The second-order valence-electron chi connectivity index (χ2n) is 0.447. The smallest absolute Gasteiger partial charge is 0.822 e. The molecule has 1 radical (unpaired) electrons. The first-order valence-corrected chi connectivity index (χ1v) is 2.39. The first-order valence-electron chi connectivity index (χ1n) is 0.930. The van der Waals surface area contributed by atoms with Crippen molar-refractivity contribution in [2.75, 3.05) is 0 Å². The molecule has 0 rings (SSSR count). The van der Waals surface area contributed by atoms with E-state index in [9.17, 15) is 0 Å². The van der Waals surface area contributed by atoms with Crippen molar-refractivity contribution in [1.82, 2.24) is 0 Å². The monoisotopic (exact) mass is 185 g/mol. The summed E-state index contributed by atoms with van der Waals surface area (Å²) in [6, 6.07) is 0. The molecule has 0 fully saturated rings. The van der Waals surface area contributed by atoms with E-state index in [1.807, 2.05) is 0 Å². The zero-order valence-electron chi connectivity index (χ0n) is 3.33. The molecule has 51 valence electrons. The molecular formula is H2FeO6P. The van der Waals surface area contributed by atoms with Crippen LogP contribution in [0.4, 0.5) is 0 Å². The van der Waals surface area contributed by atoms with Gasteiger partial charge >= 0.3 is 17.1 Å². The predicted molar refractivity (Wildman–Crippen MR) is 12.9 cm³/mol. The summed E-state index contributed by atoms with van der Waals surface area (Å²) in [7, 11) is -5.39. The molecule has 6 nitrogen and oxygen atoms in total. The third-order valence-electron chi connectivity index (χ3n) is 0. The molecule has 0 heterocycles. The normalized spacial score (nSPS) is 8.12. The van der Waals surface area contributed by atoms with Gasteiger partial charge in [-0.2, -0.15) is 7.82 Å². The Hall–Kier alpha value is 0.549. The second kappa shape index (κ2) is 7.55. The van der Waals surface area contributed by atoms with Gasteiger partial charge in [0, 0.05) is 0 Å². The summed E-state index contributed by atoms with van der Waals surface area (Å²) in [5.74, 6) is 0. The summed E-state index contributed by atoms with van der Waals surface area (Å²) >= 11 is 0. The van der Waals surface area contributed by atoms with Gasteiger partial charge in [0.25, 0.3) is 0 Å². The molecule has 0 aromatic rings. The van der Waals surface area contributed by atoms with Crippen LogP contribution in [0.3, 0.4) is 0 Å². The Labute approximate surface area is 55.4 Å². The molecule has 0 unspecified atom stereocenters. The summed E-state index contributed by atoms with van der Waals surface area (Å²) < 4.78 is 8.55. The fourth-order valence-corrected chi connectivity index (χ4v) is 0. The molecule has 0 aliphatic rings. The Balaban J connectivity index is -0.0000000750. The Morgan fingerprint density at radius 3 is 1.12 bits per heavy atom. The zero-order valence-corrected chi connectivity index (χ0v) is 5.33. The minimum Gasteiger partial charge on any atom is -0.822 e. The van der Waals surface area contributed by atoms with Crippen molar-refractivity contribution in [1.29, 1.82) is 0 Å². The molecule has 0 aromatic carbocycles. The van der Waals surface area contributed by atoms with Crippen molar-refractivity contribution < 1.29 is 46.8 Å². The van der Waals surface area contributed by atoms with Crippen molar-refractivity contribution in [3.05, 3.63) is 0 Å². The maximum atomic E-state index is 8.55. The number of hydrogen-bond acceptors (Lipinski definition) is 6. The van der Waals surface area contributed by atoms with Gasteiger partial charge in [-0.15, -0.1) is 0 Å². The Morgan fingerprint density at radius 2 is 1.12 bits per heavy atom. The van der Waals surface area contributed by atoms with Gasteiger partial charge in [0.15, 0.2) is 0 Å². The van der Waals surface area contributed by atoms with E-state index >= 15 is 0 Å². The SMILES string of the molecule is O=P([O-])([O-])[O-].OO.[Fe+3]. The standard InChI is InChI=1S/Fe.H3O4P.H2O2/c;1-5(2,3)4;1-2/h;(H3,1,2,3,4);1-2H/q+3;;/p-3. The van der Waals surface area contributed by atoms with Crippen LogP contribution in [0, 0.1) is 0 Å². The molecule has 0 aliphatic heterocycles. The van der Waals surface area contributed by atoms with E-state index in [-0.39, 0.29) is 17.1 Å². The fraction of sp³-hybridized carbons (Fsp3) is 0. The summed E-state index contributed by atoms with van der Waals surface area (Å²) in [4.78, 5) is 25.6. The van der Waals surface area contributed by atoms with E-state index in [1.165, 1.54) is 0 Å². The van der Waals surface area contributed by atoms with Crippen LogP contribution in [-0.2, 0) is 21.6 Å². The summed E-state index contributed by atoms with van der Waals surface area (Å²) in [6.07, 6.45) is 0. The molecule has 2 N–H and O–H groups in total. The third-order valence-corrected chi connectivity index (χ3v) is 0. The van der Waals surface area contributed by atoms with Gasteiger partial charge in [-0.05, 0) is 0 Å². The molecule has 8 heavy (non-hydrogen) atoms. The van der Waals surface area contributed by atoms with Crippen LogP contribution in [0.15, 0.2) is 0 Å². The van der Waals surface area contributed by atoms with Gasteiger partial charge in [-0.3, -0.25) is 10.5 Å². The quantitative estimate of drug-likeness (QED) is 0.181. The van der Waals surface area contributed by atoms with Gasteiger partial charge < -0.3 is 19.2 Å². The van der Waals surface area contributed by atoms with Crippen LogP contribution in [0.1, 0.15) is 0 Å². The molecule has 0 atom stereocenters. The van der Waals surface area contributed by atoms with Crippen molar-refractivity contribution in [2.45, 2.75) is 0 Å². The Kier molecular flexibility index (Phi) is 14.9. The van der Waals surface area contributed by atoms with E-state index in [4.69, 9.17) is 29.8 Å². The first kappa shape index (κ1) is 15.8. The minimum atomic E-state index is -5.39. The van der Waals surface area contributed by atoms with Gasteiger partial charge in [-0.25, -0.2) is 0 Å². The molecule has 0 saturated carbocycles. The van der Waals surface area contributed by atoms with Crippen LogP contribution >= 0.6 is 7.82 Å². The molecule has 0 aromatic heterocycles. The average molecular weight is 185 g/mol. The molecule has 0 spiro atoms. The summed E-state index contributed by atoms with van der Waals surface area (Å²) in [6.45, 7) is 0. The van der Waals surface area contributed by atoms with Crippen molar-refractivity contribution in [3.8, 4) is 0 Å². The van der Waals surface area contributed by atoms with E-state index in [1.54, 1.807) is 0 Å². The average Bonchev–Trinajstić information content (AvgIpc) is 1.36. The number of rotatable bonds is 0. The minimum absolute atomic E-state index is 0.